The lowest BCUT2D eigenvalue weighted by molar-refractivity contribution is 0.314. The summed E-state index contributed by atoms with van der Waals surface area (Å²) in [5, 5.41) is 0. The molecule has 0 saturated carbocycles. The third-order valence-electron chi connectivity index (χ3n) is 3.29. The van der Waals surface area contributed by atoms with Crippen LogP contribution in [0.1, 0.15) is 32.3 Å². The fourth-order valence-electron chi connectivity index (χ4n) is 1.91. The van der Waals surface area contributed by atoms with E-state index in [9.17, 15) is 8.42 Å². The molecule has 1 atom stereocenters. The minimum absolute atomic E-state index is 0.183. The first-order valence-electron chi connectivity index (χ1n) is 7.09. The lowest BCUT2D eigenvalue weighted by Gasteiger charge is -2.11. The van der Waals surface area contributed by atoms with Gasteiger partial charge in [0.25, 0.3) is 0 Å². The van der Waals surface area contributed by atoms with Crippen LogP contribution < -0.4 is 10.5 Å². The maximum Gasteiger partial charge on any atom is 0.150 e. The van der Waals surface area contributed by atoms with E-state index in [1.54, 1.807) is 0 Å². The molecule has 1 aromatic rings. The number of hydrogen-bond acceptors (Lipinski definition) is 4. The van der Waals surface area contributed by atoms with E-state index in [0.717, 1.165) is 17.7 Å². The quantitative estimate of drug-likeness (QED) is 0.711. The molecule has 0 heterocycles. The number of sulfone groups is 1. The zero-order valence-corrected chi connectivity index (χ0v) is 13.2. The molecule has 1 rings (SSSR count). The van der Waals surface area contributed by atoms with Crippen LogP contribution in [0, 0.1) is 5.92 Å². The van der Waals surface area contributed by atoms with Crippen molar-refractivity contribution in [2.45, 2.75) is 33.2 Å². The molecule has 4 nitrogen and oxygen atoms in total. The Bertz CT molecular complexity index is 500. The normalized spacial score (nSPS) is 13.2. The van der Waals surface area contributed by atoms with Crippen molar-refractivity contribution in [2.24, 2.45) is 11.7 Å². The summed E-state index contributed by atoms with van der Waals surface area (Å²) in [4.78, 5) is 0. The van der Waals surface area contributed by atoms with E-state index in [0.29, 0.717) is 19.6 Å². The Labute approximate surface area is 122 Å². The standard InChI is InChI=1S/C15H25NO3S/c1-3-13(2)12-20(17,18)10-6-9-19-15-8-5-4-7-14(15)11-16/h4-5,7-8,13H,3,6,9-12,16H2,1-2H3. The fraction of sp³-hybridized carbons (Fsp3) is 0.600. The van der Waals surface area contributed by atoms with Gasteiger partial charge in [0.1, 0.15) is 5.75 Å². The molecule has 0 aromatic heterocycles. The van der Waals surface area contributed by atoms with Crippen molar-refractivity contribution < 1.29 is 13.2 Å². The lowest BCUT2D eigenvalue weighted by Crippen LogP contribution is -2.18. The highest BCUT2D eigenvalue weighted by atomic mass is 32.2. The van der Waals surface area contributed by atoms with Crippen LogP contribution in [0.2, 0.25) is 0 Å². The topological polar surface area (TPSA) is 69.4 Å². The average molecular weight is 299 g/mol. The summed E-state index contributed by atoms with van der Waals surface area (Å²) < 4.78 is 29.3. The van der Waals surface area contributed by atoms with E-state index in [4.69, 9.17) is 10.5 Å². The Morgan fingerprint density at radius 3 is 2.65 bits per heavy atom. The van der Waals surface area contributed by atoms with E-state index >= 15 is 0 Å². The molecule has 1 aromatic carbocycles. The third-order valence-corrected chi connectivity index (χ3v) is 5.27. The van der Waals surface area contributed by atoms with Gasteiger partial charge in [0.15, 0.2) is 9.84 Å². The number of ether oxygens (including phenoxy) is 1. The Morgan fingerprint density at radius 2 is 2.00 bits per heavy atom. The van der Waals surface area contributed by atoms with Gasteiger partial charge in [0.05, 0.1) is 18.1 Å². The van der Waals surface area contributed by atoms with Gasteiger partial charge >= 0.3 is 0 Å². The molecular formula is C15H25NO3S. The predicted molar refractivity (Wildman–Crippen MR) is 82.6 cm³/mol. The van der Waals surface area contributed by atoms with E-state index < -0.39 is 9.84 Å². The summed E-state index contributed by atoms with van der Waals surface area (Å²) in [5.41, 5.74) is 6.56. The number of para-hydroxylation sites is 1. The predicted octanol–water partition coefficient (Wildman–Crippen LogP) is 2.38. The first-order chi connectivity index (χ1) is 9.48. The van der Waals surface area contributed by atoms with Crippen molar-refractivity contribution in [3.63, 3.8) is 0 Å². The number of benzene rings is 1. The smallest absolute Gasteiger partial charge is 0.150 e. The maximum atomic E-state index is 11.9. The molecule has 0 aliphatic heterocycles. The van der Waals surface area contributed by atoms with E-state index in [2.05, 4.69) is 0 Å². The van der Waals surface area contributed by atoms with E-state index in [1.807, 2.05) is 38.1 Å². The summed E-state index contributed by atoms with van der Waals surface area (Å²) >= 11 is 0. The molecule has 0 fully saturated rings. The number of rotatable bonds is 9. The van der Waals surface area contributed by atoms with Crippen molar-refractivity contribution in [3.05, 3.63) is 29.8 Å². The maximum absolute atomic E-state index is 11.9. The molecule has 5 heteroatoms. The van der Waals surface area contributed by atoms with Crippen LogP contribution in [0.5, 0.6) is 5.75 Å². The third kappa shape index (κ3) is 5.92. The Morgan fingerprint density at radius 1 is 1.30 bits per heavy atom. The second kappa shape index (κ2) is 8.27. The zero-order valence-electron chi connectivity index (χ0n) is 12.3. The highest BCUT2D eigenvalue weighted by molar-refractivity contribution is 7.91. The Hall–Kier alpha value is -1.07. The van der Waals surface area contributed by atoms with Gasteiger partial charge in [-0.1, -0.05) is 38.5 Å². The van der Waals surface area contributed by atoms with Gasteiger partial charge in [-0.25, -0.2) is 8.42 Å². The van der Waals surface area contributed by atoms with Crippen LogP contribution in [0.15, 0.2) is 24.3 Å². The second-order valence-corrected chi connectivity index (χ2v) is 7.37. The molecular weight excluding hydrogens is 274 g/mol. The highest BCUT2D eigenvalue weighted by Gasteiger charge is 2.14. The van der Waals surface area contributed by atoms with Crippen LogP contribution >= 0.6 is 0 Å². The van der Waals surface area contributed by atoms with Crippen LogP contribution in [0.4, 0.5) is 0 Å². The fourth-order valence-corrected chi connectivity index (χ4v) is 3.74. The van der Waals surface area contributed by atoms with Gasteiger partial charge in [-0.15, -0.1) is 0 Å². The van der Waals surface area contributed by atoms with E-state index in [-0.39, 0.29) is 17.4 Å². The van der Waals surface area contributed by atoms with Gasteiger partial charge in [-0.3, -0.25) is 0 Å². The van der Waals surface area contributed by atoms with Gasteiger partial charge in [0, 0.05) is 12.1 Å². The van der Waals surface area contributed by atoms with Crippen molar-refractivity contribution in [1.82, 2.24) is 0 Å². The van der Waals surface area contributed by atoms with Crippen molar-refractivity contribution >= 4 is 9.84 Å². The molecule has 20 heavy (non-hydrogen) atoms. The molecule has 2 N–H and O–H groups in total. The molecule has 114 valence electrons. The first-order valence-corrected chi connectivity index (χ1v) is 8.91. The monoisotopic (exact) mass is 299 g/mol. The molecule has 1 unspecified atom stereocenters. The van der Waals surface area contributed by atoms with E-state index in [1.165, 1.54) is 0 Å². The average Bonchev–Trinajstić information content (AvgIpc) is 2.43. The van der Waals surface area contributed by atoms with Crippen molar-refractivity contribution in [3.8, 4) is 5.75 Å². The summed E-state index contributed by atoms with van der Waals surface area (Å²) in [7, 11) is -2.97. The SMILES string of the molecule is CCC(C)CS(=O)(=O)CCCOc1ccccc1CN. The van der Waals surface area contributed by atoms with Crippen LogP contribution in [-0.4, -0.2) is 26.5 Å². The van der Waals surface area contributed by atoms with Gasteiger partial charge in [0.2, 0.25) is 0 Å². The Balaban J connectivity index is 2.38. The lowest BCUT2D eigenvalue weighted by atomic mass is 10.2. The van der Waals surface area contributed by atoms with Gasteiger partial charge in [-0.05, 0) is 18.4 Å². The van der Waals surface area contributed by atoms with Crippen LogP contribution in [-0.2, 0) is 16.4 Å². The highest BCUT2D eigenvalue weighted by Crippen LogP contribution is 2.17. The number of hydrogen-bond donors (Lipinski definition) is 1. The number of nitrogens with two attached hydrogens (primary N) is 1. The van der Waals surface area contributed by atoms with Gasteiger partial charge < -0.3 is 10.5 Å². The minimum Gasteiger partial charge on any atom is -0.493 e. The molecule has 0 bridgehead atoms. The molecule has 0 aliphatic rings. The van der Waals surface area contributed by atoms with Crippen molar-refractivity contribution in [1.29, 1.82) is 0 Å². The Kier molecular flexibility index (Phi) is 7.02. The molecule has 0 amide bonds. The zero-order chi connectivity index (χ0) is 15.0. The largest absolute Gasteiger partial charge is 0.493 e. The summed E-state index contributed by atoms with van der Waals surface area (Å²) in [6, 6.07) is 7.56. The molecule has 0 spiro atoms. The molecule has 0 aliphatic carbocycles. The molecule has 0 saturated heterocycles. The van der Waals surface area contributed by atoms with Gasteiger partial charge in [-0.2, -0.15) is 0 Å². The van der Waals surface area contributed by atoms with Crippen molar-refractivity contribution in [2.75, 3.05) is 18.1 Å². The molecule has 0 radical (unpaired) electrons. The minimum atomic E-state index is -2.97. The first kappa shape index (κ1) is 17.0. The second-order valence-electron chi connectivity index (χ2n) is 5.14. The summed E-state index contributed by atoms with van der Waals surface area (Å²) in [5.74, 6) is 1.42. The van der Waals surface area contributed by atoms with Crippen LogP contribution in [0.3, 0.4) is 0 Å². The summed E-state index contributed by atoms with van der Waals surface area (Å²) in [6.45, 7) is 4.79. The van der Waals surface area contributed by atoms with Crippen LogP contribution in [0.25, 0.3) is 0 Å². The summed E-state index contributed by atoms with van der Waals surface area (Å²) in [6.07, 6.45) is 1.40.